The number of fused-ring (bicyclic) bond motifs is 5. The summed E-state index contributed by atoms with van der Waals surface area (Å²) in [4.78, 5) is 28.6. The molecule has 0 unspecified atom stereocenters. The van der Waals surface area contributed by atoms with Gasteiger partial charge in [0.05, 0.1) is 0 Å². The van der Waals surface area contributed by atoms with E-state index in [-0.39, 0.29) is 16.2 Å². The lowest BCUT2D eigenvalue weighted by atomic mass is 9.45. The van der Waals surface area contributed by atoms with Crippen LogP contribution >= 0.6 is 0 Å². The van der Waals surface area contributed by atoms with Gasteiger partial charge < -0.3 is 10.2 Å². The lowest BCUT2D eigenvalue weighted by Gasteiger charge is -2.63. The number of piperidine rings is 1. The lowest BCUT2D eigenvalue weighted by Crippen LogP contribution is -2.64. The van der Waals surface area contributed by atoms with Gasteiger partial charge in [-0.1, -0.05) is 20.8 Å². The van der Waals surface area contributed by atoms with Gasteiger partial charge in [-0.15, -0.1) is 0 Å². The molecule has 4 heteroatoms. The fourth-order valence-corrected chi connectivity index (χ4v) is 12.4. The quantitative estimate of drug-likeness (QED) is 0.543. The summed E-state index contributed by atoms with van der Waals surface area (Å²) in [5.74, 6) is 6.13. The van der Waals surface area contributed by atoms with Gasteiger partial charge >= 0.3 is 0 Å². The lowest BCUT2D eigenvalue weighted by molar-refractivity contribution is -0.166. The minimum Gasteiger partial charge on any atom is -0.352 e. The Kier molecular flexibility index (Phi) is 4.95. The molecule has 8 aliphatic rings. The Balaban J connectivity index is 1.12. The first kappa shape index (κ1) is 23.1. The van der Waals surface area contributed by atoms with Crippen LogP contribution in [0.3, 0.4) is 0 Å². The van der Waals surface area contributed by atoms with E-state index < -0.39 is 0 Å². The molecule has 35 heavy (non-hydrogen) atoms. The molecule has 1 saturated heterocycles. The number of carbonyl (C=O) groups excluding carboxylic acids is 2. The van der Waals surface area contributed by atoms with E-state index in [1.54, 1.807) is 0 Å². The van der Waals surface area contributed by atoms with E-state index in [1.165, 1.54) is 64.2 Å². The molecule has 0 aromatic heterocycles. The third-order valence-corrected chi connectivity index (χ3v) is 13.8. The van der Waals surface area contributed by atoms with Crippen molar-refractivity contribution in [3.63, 3.8) is 0 Å². The second kappa shape index (κ2) is 7.50. The highest BCUT2D eigenvalue weighted by Crippen LogP contribution is 2.66. The Morgan fingerprint density at radius 2 is 1.51 bits per heavy atom. The third-order valence-electron chi connectivity index (χ3n) is 13.8. The summed E-state index contributed by atoms with van der Waals surface area (Å²) in [6.07, 6.45) is 15.7. The van der Waals surface area contributed by atoms with Gasteiger partial charge in [0.1, 0.15) is 0 Å². The van der Waals surface area contributed by atoms with Gasteiger partial charge in [0.25, 0.3) is 0 Å². The fraction of sp³-hybridized carbons (Fsp3) is 0.935. The van der Waals surface area contributed by atoms with Crippen molar-refractivity contribution in [2.75, 3.05) is 7.05 Å². The largest absolute Gasteiger partial charge is 0.352 e. The van der Waals surface area contributed by atoms with Crippen LogP contribution in [0.4, 0.5) is 0 Å². The van der Waals surface area contributed by atoms with Gasteiger partial charge in [0.2, 0.25) is 11.8 Å². The zero-order chi connectivity index (χ0) is 24.3. The first-order chi connectivity index (χ1) is 16.6. The monoisotopic (exact) mass is 480 g/mol. The van der Waals surface area contributed by atoms with Crippen molar-refractivity contribution in [1.82, 2.24) is 10.2 Å². The van der Waals surface area contributed by atoms with Crippen LogP contribution < -0.4 is 5.32 Å². The molecule has 0 aromatic rings. The van der Waals surface area contributed by atoms with Gasteiger partial charge in [-0.25, -0.2) is 0 Å². The van der Waals surface area contributed by atoms with E-state index in [0.29, 0.717) is 29.8 Å². The molecule has 0 radical (unpaired) electrons. The van der Waals surface area contributed by atoms with Gasteiger partial charge in [0.15, 0.2) is 0 Å². The Morgan fingerprint density at radius 1 is 0.886 bits per heavy atom. The van der Waals surface area contributed by atoms with E-state index in [0.717, 1.165) is 54.8 Å². The molecule has 0 spiro atoms. The van der Waals surface area contributed by atoms with Crippen LogP contribution in [-0.2, 0) is 9.59 Å². The molecule has 8 atom stereocenters. The average Bonchev–Trinajstić information content (AvgIpc) is 3.13. The molecule has 1 N–H and O–H groups in total. The zero-order valence-electron chi connectivity index (χ0n) is 22.7. The van der Waals surface area contributed by atoms with Crippen molar-refractivity contribution in [2.24, 2.45) is 57.7 Å². The van der Waals surface area contributed by atoms with Crippen LogP contribution in [0.15, 0.2) is 0 Å². The first-order valence-electron chi connectivity index (χ1n) is 15.2. The highest BCUT2D eigenvalue weighted by Gasteiger charge is 2.63. The maximum Gasteiger partial charge on any atom is 0.226 e. The minimum absolute atomic E-state index is 0.0293. The number of carbonyl (C=O) groups is 2. The molecule has 1 aliphatic heterocycles. The molecular formula is C31H48N2O2. The smallest absolute Gasteiger partial charge is 0.226 e. The summed E-state index contributed by atoms with van der Waals surface area (Å²) in [6.45, 7) is 7.55. The molecule has 8 rings (SSSR count). The van der Waals surface area contributed by atoms with Crippen molar-refractivity contribution in [1.29, 1.82) is 0 Å². The Labute approximate surface area is 212 Å². The van der Waals surface area contributed by atoms with Crippen LogP contribution in [0.2, 0.25) is 0 Å². The number of nitrogens with zero attached hydrogens (tertiary/aromatic N) is 1. The Bertz CT molecular complexity index is 894. The third kappa shape index (κ3) is 3.09. The molecule has 8 fully saturated rings. The van der Waals surface area contributed by atoms with Crippen molar-refractivity contribution >= 4 is 11.8 Å². The van der Waals surface area contributed by atoms with Gasteiger partial charge in [-0.2, -0.15) is 0 Å². The number of hydrogen-bond acceptors (Lipinski definition) is 2. The van der Waals surface area contributed by atoms with Crippen molar-refractivity contribution in [2.45, 2.75) is 116 Å². The predicted octanol–water partition coefficient (Wildman–Crippen LogP) is 5.80. The second-order valence-electron chi connectivity index (χ2n) is 15.4. The molecule has 194 valence electrons. The molecule has 1 heterocycles. The topological polar surface area (TPSA) is 49.4 Å². The molecular weight excluding hydrogens is 432 g/mol. The first-order valence-corrected chi connectivity index (χ1v) is 15.2. The summed E-state index contributed by atoms with van der Waals surface area (Å²) in [5.41, 5.74) is 0.479. The second-order valence-corrected chi connectivity index (χ2v) is 15.4. The zero-order valence-corrected chi connectivity index (χ0v) is 22.7. The highest BCUT2D eigenvalue weighted by molar-refractivity contribution is 5.83. The van der Waals surface area contributed by atoms with Crippen LogP contribution in [0.5, 0.6) is 0 Å². The van der Waals surface area contributed by atoms with Crippen LogP contribution in [0, 0.1) is 57.7 Å². The van der Waals surface area contributed by atoms with Gasteiger partial charge in [-0.3, -0.25) is 9.59 Å². The summed E-state index contributed by atoms with van der Waals surface area (Å²) in [5, 5.41) is 3.77. The number of rotatable bonds is 2. The standard InChI is InChI=1S/C31H48N2O2/c1-18-11-25-30(3,10-8-26(34)33(25)4)23-7-9-29(2)22(27(18)23)5-6-24(29)32-28(35)31-15-19-12-20(16-31)14-21(13-19)17-31/h18-25,27H,5-17H2,1-4H3,(H,32,35)/t18-,19?,20?,21?,22-,23-,24-,25+,27-,29-,30+,31?/m0/s1. The van der Waals surface area contributed by atoms with E-state index in [4.69, 9.17) is 0 Å². The normalized spacial score (nSPS) is 56.4. The Hall–Kier alpha value is -1.06. The summed E-state index contributed by atoms with van der Waals surface area (Å²) in [6, 6.07) is 0.777. The number of hydrogen-bond donors (Lipinski definition) is 1. The van der Waals surface area contributed by atoms with Crippen LogP contribution in [-0.4, -0.2) is 35.8 Å². The fourth-order valence-electron chi connectivity index (χ4n) is 12.4. The maximum atomic E-state index is 14.0. The van der Waals surface area contributed by atoms with Crippen molar-refractivity contribution < 1.29 is 9.59 Å². The molecule has 4 bridgehead atoms. The highest BCUT2D eigenvalue weighted by atomic mass is 16.2. The summed E-state index contributed by atoms with van der Waals surface area (Å²) < 4.78 is 0. The molecule has 4 nitrogen and oxygen atoms in total. The Morgan fingerprint density at radius 3 is 2.17 bits per heavy atom. The van der Waals surface area contributed by atoms with E-state index in [9.17, 15) is 9.59 Å². The van der Waals surface area contributed by atoms with Crippen LogP contribution in [0.25, 0.3) is 0 Å². The summed E-state index contributed by atoms with van der Waals surface area (Å²) >= 11 is 0. The predicted molar refractivity (Wildman–Crippen MR) is 137 cm³/mol. The van der Waals surface area contributed by atoms with E-state index in [1.807, 2.05) is 0 Å². The SMILES string of the molecule is C[C@H]1C[C@H]2N(C)C(=O)CC[C@]2(C)[C@H]2CC[C@]3(C)[C@@H](NC(=O)C45CC6CC(CC(C6)C4)C5)CC[C@H]3[C@H]12. The van der Waals surface area contributed by atoms with E-state index >= 15 is 0 Å². The molecule has 2 amide bonds. The summed E-state index contributed by atoms with van der Waals surface area (Å²) in [7, 11) is 2.07. The van der Waals surface area contributed by atoms with Crippen LogP contribution in [0.1, 0.15) is 104 Å². The van der Waals surface area contributed by atoms with Gasteiger partial charge in [-0.05, 0) is 129 Å². The molecule has 7 aliphatic carbocycles. The minimum atomic E-state index is -0.0293. The number of likely N-dealkylation sites (tertiary alicyclic amines) is 1. The van der Waals surface area contributed by atoms with E-state index in [2.05, 4.69) is 38.0 Å². The van der Waals surface area contributed by atoms with Crippen molar-refractivity contribution in [3.8, 4) is 0 Å². The number of amides is 2. The maximum absolute atomic E-state index is 14.0. The van der Waals surface area contributed by atoms with Crippen molar-refractivity contribution in [3.05, 3.63) is 0 Å². The average molecular weight is 481 g/mol. The number of nitrogens with one attached hydrogen (secondary N) is 1. The van der Waals surface area contributed by atoms with Gasteiger partial charge in [0, 0.05) is 31.0 Å². The molecule has 7 saturated carbocycles. The molecule has 0 aromatic carbocycles.